The van der Waals surface area contributed by atoms with Gasteiger partial charge in [-0.2, -0.15) is 0 Å². The molecule has 122 valence electrons. The number of benzene rings is 1. The molecule has 0 saturated heterocycles. The van der Waals surface area contributed by atoms with Crippen molar-refractivity contribution in [3.8, 4) is 11.8 Å². The van der Waals surface area contributed by atoms with E-state index in [1.54, 1.807) is 0 Å². The number of unbranched alkanes of at least 4 members (excludes halogenated alkanes) is 2. The highest BCUT2D eigenvalue weighted by Gasteiger charge is 2.17. The van der Waals surface area contributed by atoms with E-state index in [-0.39, 0.29) is 24.4 Å². The molecule has 0 aliphatic rings. The number of hydrogen-bond acceptors (Lipinski definition) is 2. The van der Waals surface area contributed by atoms with E-state index in [2.05, 4.69) is 23.7 Å². The van der Waals surface area contributed by atoms with Gasteiger partial charge in [-0.1, -0.05) is 57.2 Å². The van der Waals surface area contributed by atoms with Crippen molar-refractivity contribution in [1.29, 1.82) is 0 Å². The molecule has 0 radical (unpaired) electrons. The lowest BCUT2D eigenvalue weighted by Crippen LogP contribution is -2.23. The molecule has 1 atom stereocenters. The number of H-pyrrole nitrogens is 1. The molecule has 0 fully saturated rings. The summed E-state index contributed by atoms with van der Waals surface area (Å²) in [6, 6.07) is 7.96. The maximum Gasteiger partial charge on any atom is 0.311 e. The Morgan fingerprint density at radius 1 is 1.30 bits per heavy atom. The molecule has 1 heterocycles. The van der Waals surface area contributed by atoms with Crippen LogP contribution in [0.15, 0.2) is 30.5 Å². The highest BCUT2D eigenvalue weighted by molar-refractivity contribution is 5.87. The van der Waals surface area contributed by atoms with Crippen molar-refractivity contribution in [2.24, 2.45) is 5.92 Å². The zero-order valence-corrected chi connectivity index (χ0v) is 14.2. The summed E-state index contributed by atoms with van der Waals surface area (Å²) >= 11 is 0. The van der Waals surface area contributed by atoms with E-state index in [4.69, 9.17) is 4.74 Å². The summed E-state index contributed by atoms with van der Waals surface area (Å²) in [6.45, 7) is 6.19. The number of para-hydroxylation sites is 1. The Bertz CT molecular complexity index is 703. The first-order valence-corrected chi connectivity index (χ1v) is 8.34. The number of carbonyl (C=O) groups excluding carboxylic acids is 1. The molecule has 3 heteroatoms. The molecule has 1 N–H and O–H groups in total. The van der Waals surface area contributed by atoms with Crippen molar-refractivity contribution in [2.75, 3.05) is 0 Å². The molecule has 0 aliphatic heterocycles. The van der Waals surface area contributed by atoms with Crippen LogP contribution in [0.4, 0.5) is 0 Å². The third kappa shape index (κ3) is 4.89. The van der Waals surface area contributed by atoms with Gasteiger partial charge < -0.3 is 9.72 Å². The minimum absolute atomic E-state index is 0.191. The lowest BCUT2D eigenvalue weighted by atomic mass is 10.1. The van der Waals surface area contributed by atoms with Crippen LogP contribution in [0, 0.1) is 17.8 Å². The van der Waals surface area contributed by atoms with E-state index >= 15 is 0 Å². The first kappa shape index (κ1) is 17.1. The molecule has 1 unspecified atom stereocenters. The molecule has 0 spiro atoms. The first-order valence-electron chi connectivity index (χ1n) is 8.34. The van der Waals surface area contributed by atoms with Crippen LogP contribution in [-0.2, 0) is 16.0 Å². The van der Waals surface area contributed by atoms with E-state index in [1.807, 2.05) is 44.3 Å². The Balaban J connectivity index is 1.99. The molecule has 0 aliphatic carbocycles. The molecule has 3 nitrogen and oxygen atoms in total. The fraction of sp³-hybridized carbons (Fsp3) is 0.450. The van der Waals surface area contributed by atoms with Gasteiger partial charge in [0.15, 0.2) is 6.10 Å². The normalized spacial score (nSPS) is 12.0. The number of rotatable bonds is 6. The molecular weight excluding hydrogens is 286 g/mol. The standard InChI is InChI=1S/C20H25NO2/c1-4-5-6-7-12-19(15(2)3)23-20(22)13-16-14-21-18-11-9-8-10-17(16)18/h8-11,14-15,19,21H,4-6,13H2,1-3H3. The third-order valence-corrected chi connectivity index (χ3v) is 3.77. The SMILES string of the molecule is CCCCC#CC(OC(=O)Cc1c[nH]c2ccccc12)C(C)C. The zero-order chi connectivity index (χ0) is 16.7. The Kier molecular flexibility index (Phi) is 6.29. The highest BCUT2D eigenvalue weighted by atomic mass is 16.5. The van der Waals surface area contributed by atoms with Gasteiger partial charge in [-0.25, -0.2) is 0 Å². The second kappa shape index (κ2) is 8.43. The van der Waals surface area contributed by atoms with E-state index in [0.29, 0.717) is 0 Å². The number of ether oxygens (including phenoxy) is 1. The van der Waals surface area contributed by atoms with Crippen molar-refractivity contribution in [2.45, 2.75) is 52.6 Å². The number of esters is 1. The Hall–Kier alpha value is -2.21. The predicted molar refractivity (Wildman–Crippen MR) is 94.0 cm³/mol. The lowest BCUT2D eigenvalue weighted by molar-refractivity contribution is -0.147. The van der Waals surface area contributed by atoms with Gasteiger partial charge in [0, 0.05) is 29.4 Å². The van der Waals surface area contributed by atoms with Gasteiger partial charge in [0.1, 0.15) is 0 Å². The monoisotopic (exact) mass is 311 g/mol. The Morgan fingerprint density at radius 3 is 2.83 bits per heavy atom. The van der Waals surface area contributed by atoms with Crippen molar-refractivity contribution < 1.29 is 9.53 Å². The largest absolute Gasteiger partial charge is 0.449 e. The summed E-state index contributed by atoms with van der Waals surface area (Å²) in [5.74, 6) is 6.20. The number of aromatic nitrogens is 1. The van der Waals surface area contributed by atoms with Crippen LogP contribution in [0.25, 0.3) is 10.9 Å². The molecule has 0 bridgehead atoms. The number of nitrogens with one attached hydrogen (secondary N) is 1. The van der Waals surface area contributed by atoms with Crippen LogP contribution in [-0.4, -0.2) is 17.1 Å². The third-order valence-electron chi connectivity index (χ3n) is 3.77. The van der Waals surface area contributed by atoms with Crippen LogP contribution in [0.2, 0.25) is 0 Å². The quantitative estimate of drug-likeness (QED) is 0.486. The summed E-state index contributed by atoms with van der Waals surface area (Å²) in [4.78, 5) is 15.4. The number of aromatic amines is 1. The van der Waals surface area contributed by atoms with Gasteiger partial charge in [0.05, 0.1) is 6.42 Å². The molecule has 2 rings (SSSR count). The molecular formula is C20H25NO2. The van der Waals surface area contributed by atoms with Crippen molar-refractivity contribution >= 4 is 16.9 Å². The number of fused-ring (bicyclic) bond motifs is 1. The van der Waals surface area contributed by atoms with Crippen LogP contribution >= 0.6 is 0 Å². The van der Waals surface area contributed by atoms with Gasteiger partial charge in [0.25, 0.3) is 0 Å². The number of hydrogen-bond donors (Lipinski definition) is 1. The second-order valence-electron chi connectivity index (χ2n) is 6.12. The summed E-state index contributed by atoms with van der Waals surface area (Å²) in [5, 5.41) is 1.07. The predicted octanol–water partition coefficient (Wildman–Crippen LogP) is 4.47. The van der Waals surface area contributed by atoms with Gasteiger partial charge in [-0.05, 0) is 18.1 Å². The molecule has 0 amide bonds. The van der Waals surface area contributed by atoms with Crippen molar-refractivity contribution in [3.05, 3.63) is 36.0 Å². The molecule has 0 saturated carbocycles. The summed E-state index contributed by atoms with van der Waals surface area (Å²) < 4.78 is 5.59. The van der Waals surface area contributed by atoms with E-state index in [0.717, 1.165) is 35.7 Å². The lowest BCUT2D eigenvalue weighted by Gasteiger charge is -2.15. The summed E-state index contributed by atoms with van der Waals surface area (Å²) in [6.07, 6.45) is 4.89. The van der Waals surface area contributed by atoms with Crippen LogP contribution in [0.5, 0.6) is 0 Å². The maximum atomic E-state index is 12.3. The summed E-state index contributed by atoms with van der Waals surface area (Å²) in [5.41, 5.74) is 2.00. The topological polar surface area (TPSA) is 42.1 Å². The minimum Gasteiger partial charge on any atom is -0.449 e. The smallest absolute Gasteiger partial charge is 0.311 e. The molecule has 1 aromatic carbocycles. The van der Waals surface area contributed by atoms with E-state index in [1.165, 1.54) is 0 Å². The average molecular weight is 311 g/mol. The zero-order valence-electron chi connectivity index (χ0n) is 14.2. The van der Waals surface area contributed by atoms with Crippen molar-refractivity contribution in [3.63, 3.8) is 0 Å². The van der Waals surface area contributed by atoms with Gasteiger partial charge in [-0.15, -0.1) is 0 Å². The second-order valence-corrected chi connectivity index (χ2v) is 6.12. The molecule has 1 aromatic heterocycles. The number of carbonyl (C=O) groups is 1. The van der Waals surface area contributed by atoms with Crippen molar-refractivity contribution in [1.82, 2.24) is 4.98 Å². The first-order chi connectivity index (χ1) is 11.1. The van der Waals surface area contributed by atoms with E-state index < -0.39 is 0 Å². The Labute approximate surface area is 138 Å². The highest BCUT2D eigenvalue weighted by Crippen LogP contribution is 2.19. The average Bonchev–Trinajstić information content (AvgIpc) is 2.93. The van der Waals surface area contributed by atoms with Gasteiger partial charge >= 0.3 is 5.97 Å². The fourth-order valence-electron chi connectivity index (χ4n) is 2.39. The summed E-state index contributed by atoms with van der Waals surface area (Å²) in [7, 11) is 0. The van der Waals surface area contributed by atoms with Crippen LogP contribution in [0.3, 0.4) is 0 Å². The molecule has 23 heavy (non-hydrogen) atoms. The van der Waals surface area contributed by atoms with Crippen LogP contribution < -0.4 is 0 Å². The maximum absolute atomic E-state index is 12.3. The Morgan fingerprint density at radius 2 is 2.09 bits per heavy atom. The van der Waals surface area contributed by atoms with Gasteiger partial charge in [0.2, 0.25) is 0 Å². The minimum atomic E-state index is -0.329. The fourth-order valence-corrected chi connectivity index (χ4v) is 2.39. The van der Waals surface area contributed by atoms with Crippen LogP contribution in [0.1, 0.15) is 45.6 Å². The molecule has 2 aromatic rings. The van der Waals surface area contributed by atoms with Gasteiger partial charge in [-0.3, -0.25) is 4.79 Å². The van der Waals surface area contributed by atoms with E-state index in [9.17, 15) is 4.79 Å².